The van der Waals surface area contributed by atoms with E-state index in [0.29, 0.717) is 12.2 Å². The predicted octanol–water partition coefficient (Wildman–Crippen LogP) is 3.42. The zero-order chi connectivity index (χ0) is 13.8. The first-order valence-corrected chi connectivity index (χ1v) is 6.45. The lowest BCUT2D eigenvalue weighted by molar-refractivity contribution is -0.136. The van der Waals surface area contributed by atoms with Gasteiger partial charge in [0.1, 0.15) is 0 Å². The minimum Gasteiger partial charge on any atom is -0.466 e. The number of allylic oxidation sites excluding steroid dienone is 4. The van der Waals surface area contributed by atoms with Gasteiger partial charge in [-0.3, -0.25) is 0 Å². The van der Waals surface area contributed by atoms with Crippen LogP contribution in [0.15, 0.2) is 35.5 Å². The van der Waals surface area contributed by atoms with Crippen molar-refractivity contribution in [2.24, 2.45) is 0 Å². The highest BCUT2D eigenvalue weighted by molar-refractivity contribution is 5.88. The molecule has 1 aliphatic rings. The summed E-state index contributed by atoms with van der Waals surface area (Å²) >= 11 is 0. The van der Waals surface area contributed by atoms with Crippen molar-refractivity contribution in [1.82, 2.24) is 0 Å². The number of carbonyl (C=O) groups excluding carboxylic acids is 1. The van der Waals surface area contributed by atoms with Gasteiger partial charge in [0, 0.05) is 12.2 Å². The van der Waals surface area contributed by atoms with E-state index in [2.05, 4.69) is 10.8 Å². The predicted molar refractivity (Wildman–Crippen MR) is 74.4 cm³/mol. The molecule has 18 heavy (non-hydrogen) atoms. The third-order valence-electron chi connectivity index (χ3n) is 2.29. The van der Waals surface area contributed by atoms with E-state index >= 15 is 0 Å². The molecule has 1 heterocycles. The van der Waals surface area contributed by atoms with E-state index in [1.165, 1.54) is 7.11 Å². The Hall–Kier alpha value is -1.35. The second kappa shape index (κ2) is 10.8. The molecule has 0 aliphatic carbocycles. The fourth-order valence-electron chi connectivity index (χ4n) is 1.43. The van der Waals surface area contributed by atoms with Gasteiger partial charge in [-0.25, -0.2) is 4.79 Å². The van der Waals surface area contributed by atoms with Gasteiger partial charge in [0.25, 0.3) is 0 Å². The molecule has 1 rings (SSSR count). The monoisotopic (exact) mass is 252 g/mol. The van der Waals surface area contributed by atoms with Crippen LogP contribution in [0.2, 0.25) is 0 Å². The molecule has 0 aromatic rings. The Balaban J connectivity index is 0.00000137. The number of methoxy groups -OCH3 is 1. The highest BCUT2D eigenvalue weighted by Crippen LogP contribution is 2.09. The number of rotatable bonds is 2. The number of hydrogen-bond acceptors (Lipinski definition) is 3. The first-order valence-electron chi connectivity index (χ1n) is 6.45. The molecule has 0 N–H and O–H groups in total. The lowest BCUT2D eigenvalue weighted by atomic mass is 10.1. The summed E-state index contributed by atoms with van der Waals surface area (Å²) in [6.07, 6.45) is 9.85. The molecule has 0 spiro atoms. The van der Waals surface area contributed by atoms with Crippen LogP contribution >= 0.6 is 0 Å². The van der Waals surface area contributed by atoms with Crippen molar-refractivity contribution in [1.29, 1.82) is 0 Å². The number of ether oxygens (including phenoxy) is 2. The van der Waals surface area contributed by atoms with Crippen LogP contribution in [0.5, 0.6) is 0 Å². The van der Waals surface area contributed by atoms with E-state index in [0.717, 1.165) is 25.0 Å². The molecule has 0 bridgehead atoms. The van der Waals surface area contributed by atoms with E-state index in [9.17, 15) is 4.79 Å². The molecule has 3 heteroatoms. The Morgan fingerprint density at radius 2 is 2.17 bits per heavy atom. The molecule has 3 nitrogen and oxygen atoms in total. The molecule has 0 radical (unpaired) electrons. The molecule has 0 unspecified atom stereocenters. The lowest BCUT2D eigenvalue weighted by Crippen LogP contribution is -2.01. The van der Waals surface area contributed by atoms with E-state index < -0.39 is 0 Å². The van der Waals surface area contributed by atoms with Crippen molar-refractivity contribution in [3.63, 3.8) is 0 Å². The molecule has 102 valence electrons. The first-order chi connectivity index (χ1) is 8.74. The molecule has 0 fully saturated rings. The third kappa shape index (κ3) is 7.07. The summed E-state index contributed by atoms with van der Waals surface area (Å²) < 4.78 is 9.99. The minimum absolute atomic E-state index is 0.287. The second-order valence-corrected chi connectivity index (χ2v) is 3.64. The molecule has 0 amide bonds. The Labute approximate surface area is 110 Å². The van der Waals surface area contributed by atoms with Crippen LogP contribution in [-0.2, 0) is 14.3 Å². The van der Waals surface area contributed by atoms with Gasteiger partial charge in [0.05, 0.1) is 13.7 Å². The maximum absolute atomic E-state index is 11.2. The van der Waals surface area contributed by atoms with Crippen molar-refractivity contribution in [2.75, 3.05) is 20.3 Å². The minimum atomic E-state index is -0.287. The maximum Gasteiger partial charge on any atom is 0.333 e. The standard InChI is InChI=1S/C13H18O3.C2H6/c1-11(13(14)15-2)10-12-6-3-4-8-16-9-5-7-12;1-2/h5-7,10H,3-4,8-9H2,1-2H3;1-2H3/b7-5?,11-10+,12-6+;. The first kappa shape index (κ1) is 16.6. The topological polar surface area (TPSA) is 35.5 Å². The van der Waals surface area contributed by atoms with Gasteiger partial charge in [0.15, 0.2) is 0 Å². The van der Waals surface area contributed by atoms with Gasteiger partial charge >= 0.3 is 5.97 Å². The quantitative estimate of drug-likeness (QED) is 0.558. The molecule has 0 saturated carbocycles. The van der Waals surface area contributed by atoms with Crippen molar-refractivity contribution in [3.8, 4) is 0 Å². The van der Waals surface area contributed by atoms with Gasteiger partial charge in [-0.15, -0.1) is 0 Å². The van der Waals surface area contributed by atoms with Crippen molar-refractivity contribution in [2.45, 2.75) is 33.6 Å². The van der Waals surface area contributed by atoms with Crippen molar-refractivity contribution < 1.29 is 14.3 Å². The van der Waals surface area contributed by atoms with E-state index in [4.69, 9.17) is 4.74 Å². The summed E-state index contributed by atoms with van der Waals surface area (Å²) in [6, 6.07) is 0. The van der Waals surface area contributed by atoms with Gasteiger partial charge in [-0.05, 0) is 31.4 Å². The Kier molecular flexibility index (Phi) is 9.97. The summed E-state index contributed by atoms with van der Waals surface area (Å²) in [5.74, 6) is -0.287. The average molecular weight is 252 g/mol. The number of hydrogen-bond donors (Lipinski definition) is 0. The zero-order valence-electron chi connectivity index (χ0n) is 11.9. The average Bonchev–Trinajstić information content (AvgIpc) is 2.54. The van der Waals surface area contributed by atoms with E-state index in [1.807, 2.05) is 32.1 Å². The van der Waals surface area contributed by atoms with Gasteiger partial charge in [-0.1, -0.05) is 32.1 Å². The molecule has 0 atom stereocenters. The van der Waals surface area contributed by atoms with Gasteiger partial charge in [0.2, 0.25) is 0 Å². The van der Waals surface area contributed by atoms with Crippen molar-refractivity contribution >= 4 is 5.97 Å². The Morgan fingerprint density at radius 1 is 1.44 bits per heavy atom. The van der Waals surface area contributed by atoms with Crippen LogP contribution in [-0.4, -0.2) is 26.3 Å². The Morgan fingerprint density at radius 3 is 2.83 bits per heavy atom. The molecule has 0 saturated heterocycles. The van der Waals surface area contributed by atoms with Crippen LogP contribution in [0.25, 0.3) is 0 Å². The zero-order valence-corrected chi connectivity index (χ0v) is 11.9. The van der Waals surface area contributed by atoms with Crippen LogP contribution in [0, 0.1) is 0 Å². The maximum atomic E-state index is 11.2. The smallest absolute Gasteiger partial charge is 0.333 e. The third-order valence-corrected chi connectivity index (χ3v) is 2.29. The summed E-state index contributed by atoms with van der Waals surface area (Å²) in [7, 11) is 1.39. The largest absolute Gasteiger partial charge is 0.466 e. The van der Waals surface area contributed by atoms with Crippen LogP contribution in [0.4, 0.5) is 0 Å². The SMILES string of the molecule is CC.COC(=O)/C(C)=C/C1=C/CCCOCC=C1. The van der Waals surface area contributed by atoms with Crippen molar-refractivity contribution in [3.05, 3.63) is 35.5 Å². The summed E-state index contributed by atoms with van der Waals surface area (Å²) in [4.78, 5) is 11.2. The van der Waals surface area contributed by atoms with E-state index in [1.54, 1.807) is 6.92 Å². The molecular weight excluding hydrogens is 228 g/mol. The van der Waals surface area contributed by atoms with Crippen LogP contribution < -0.4 is 0 Å². The second-order valence-electron chi connectivity index (χ2n) is 3.64. The van der Waals surface area contributed by atoms with Crippen LogP contribution in [0.1, 0.15) is 33.6 Å². The Bertz CT molecular complexity index is 325. The van der Waals surface area contributed by atoms with Crippen LogP contribution in [0.3, 0.4) is 0 Å². The van der Waals surface area contributed by atoms with Gasteiger partial charge < -0.3 is 9.47 Å². The summed E-state index contributed by atoms with van der Waals surface area (Å²) in [5, 5.41) is 0. The highest BCUT2D eigenvalue weighted by atomic mass is 16.5. The number of carbonyl (C=O) groups is 1. The fraction of sp³-hybridized carbons (Fsp3) is 0.533. The molecule has 1 aliphatic heterocycles. The normalized spacial score (nSPS) is 19.3. The highest BCUT2D eigenvalue weighted by Gasteiger charge is 2.03. The fourth-order valence-corrected chi connectivity index (χ4v) is 1.43. The molecule has 0 aromatic carbocycles. The molecule has 0 aromatic heterocycles. The summed E-state index contributed by atoms with van der Waals surface area (Å²) in [5.41, 5.74) is 1.65. The van der Waals surface area contributed by atoms with E-state index in [-0.39, 0.29) is 5.97 Å². The van der Waals surface area contributed by atoms with Gasteiger partial charge in [-0.2, -0.15) is 0 Å². The summed E-state index contributed by atoms with van der Waals surface area (Å²) in [6.45, 7) is 7.17. The lowest BCUT2D eigenvalue weighted by Gasteiger charge is -1.99. The number of esters is 1. The molecular formula is C15H24O3.